The Labute approximate surface area is 371 Å². The molecule has 1 unspecified atom stereocenters. The molecule has 8 rings (SSSR count). The SMILES string of the molecule is CCc1ccc2c(c1)c(=O)c(C(=O)Nc1ccc(Oc3ncnc4cc(OCCCCCC(=O)Nc5ccc6c(c5)C(=O)N(C5CCC(=O)NC5=O)C6=O)c(C)cc34)c(F)c1)c(C)n2C. The molecule has 4 heterocycles. The van der Waals surface area contributed by atoms with Crippen LogP contribution in [-0.2, 0) is 27.9 Å². The lowest BCUT2D eigenvalue weighted by Crippen LogP contribution is -2.54. The number of carbonyl (C=O) groups excluding carboxylic acids is 6. The summed E-state index contributed by atoms with van der Waals surface area (Å²) in [6, 6.07) is 16.4. The largest absolute Gasteiger partial charge is 0.493 e. The predicted molar refractivity (Wildman–Crippen MR) is 238 cm³/mol. The molecule has 0 radical (unpaired) electrons. The van der Waals surface area contributed by atoms with Gasteiger partial charge >= 0.3 is 0 Å². The third kappa shape index (κ3) is 8.76. The van der Waals surface area contributed by atoms with Gasteiger partial charge in [0.25, 0.3) is 17.7 Å². The van der Waals surface area contributed by atoms with Crippen LogP contribution in [0.15, 0.2) is 77.9 Å². The fraction of sp³-hybridized carbons (Fsp3) is 0.271. The maximum atomic E-state index is 15.5. The van der Waals surface area contributed by atoms with E-state index in [1.807, 2.05) is 26.0 Å². The lowest BCUT2D eigenvalue weighted by atomic mass is 10.0. The highest BCUT2D eigenvalue weighted by Gasteiger charge is 2.44. The first-order chi connectivity index (χ1) is 31.2. The summed E-state index contributed by atoms with van der Waals surface area (Å²) >= 11 is 0. The Morgan fingerprint density at radius 2 is 1.62 bits per heavy atom. The smallest absolute Gasteiger partial charge is 0.262 e. The molecule has 65 heavy (non-hydrogen) atoms. The number of hydrogen-bond acceptors (Lipinski definition) is 11. The Kier molecular flexibility index (Phi) is 12.2. The number of piperidine rings is 1. The highest BCUT2D eigenvalue weighted by Crippen LogP contribution is 2.34. The van der Waals surface area contributed by atoms with E-state index in [1.54, 1.807) is 36.7 Å². The van der Waals surface area contributed by atoms with Gasteiger partial charge in [-0.05, 0) is 106 Å². The van der Waals surface area contributed by atoms with Crippen molar-refractivity contribution in [1.29, 1.82) is 0 Å². The molecule has 17 heteroatoms. The second-order valence-electron chi connectivity index (χ2n) is 16.0. The van der Waals surface area contributed by atoms with E-state index in [0.717, 1.165) is 28.5 Å². The van der Waals surface area contributed by atoms with Gasteiger partial charge in [0.1, 0.15) is 23.7 Å². The summed E-state index contributed by atoms with van der Waals surface area (Å²) in [5.41, 5.74) is 3.64. The highest BCUT2D eigenvalue weighted by atomic mass is 19.1. The van der Waals surface area contributed by atoms with Crippen LogP contribution in [0, 0.1) is 19.7 Å². The second kappa shape index (κ2) is 18.1. The maximum absolute atomic E-state index is 15.5. The molecule has 4 aromatic carbocycles. The first-order valence-corrected chi connectivity index (χ1v) is 21.2. The Morgan fingerprint density at radius 1 is 0.846 bits per heavy atom. The molecule has 1 saturated heterocycles. The van der Waals surface area contributed by atoms with E-state index < -0.39 is 46.8 Å². The van der Waals surface area contributed by atoms with Gasteiger partial charge in [0, 0.05) is 54.5 Å². The molecule has 0 spiro atoms. The van der Waals surface area contributed by atoms with Gasteiger partial charge in [-0.3, -0.25) is 43.8 Å². The number of aromatic nitrogens is 3. The number of carbonyl (C=O) groups is 6. The number of unbranched alkanes of at least 4 members (excludes halogenated alkanes) is 2. The van der Waals surface area contributed by atoms with Crippen molar-refractivity contribution in [3.63, 3.8) is 0 Å². The fourth-order valence-corrected chi connectivity index (χ4v) is 8.08. The van der Waals surface area contributed by atoms with Gasteiger partial charge < -0.3 is 24.7 Å². The maximum Gasteiger partial charge on any atom is 0.262 e. The molecular formula is C48H44FN7O9. The molecule has 16 nitrogen and oxygen atoms in total. The number of rotatable bonds is 14. The number of pyridine rings is 1. The highest BCUT2D eigenvalue weighted by molar-refractivity contribution is 6.24. The number of aryl methyl sites for hydroxylation is 3. The number of amides is 6. The van der Waals surface area contributed by atoms with Crippen LogP contribution >= 0.6 is 0 Å². The third-order valence-electron chi connectivity index (χ3n) is 11.7. The minimum Gasteiger partial charge on any atom is -0.493 e. The van der Waals surface area contributed by atoms with Gasteiger partial charge in [-0.1, -0.05) is 13.0 Å². The number of anilines is 2. The standard InChI is InChI=1S/C48H44FN7O9/c1-5-27-10-14-36-33(20-27)43(59)42(26(3)55(36)4)45(61)53-29-12-16-38(34(49)22-29)65-46-32-19-25(2)39(23-35(32)50-24-51-46)64-18-8-6-7-9-40(57)52-28-11-13-30-31(21-28)48(63)56(47(30)62)37-15-17-41(58)54-44(37)60/h10-14,16,19-24,37H,5-9,15,17-18H2,1-4H3,(H,52,57)(H,53,61)(H,54,58,60). The Hall–Kier alpha value is -7.82. The van der Waals surface area contributed by atoms with Crippen molar-refractivity contribution in [1.82, 2.24) is 24.8 Å². The van der Waals surface area contributed by atoms with Crippen LogP contribution in [0.1, 0.15) is 93.3 Å². The van der Waals surface area contributed by atoms with Crippen LogP contribution in [0.2, 0.25) is 0 Å². The summed E-state index contributed by atoms with van der Waals surface area (Å²) in [7, 11) is 1.79. The summed E-state index contributed by atoms with van der Waals surface area (Å²) in [6.45, 7) is 5.88. The van der Waals surface area contributed by atoms with Crippen LogP contribution in [0.5, 0.6) is 17.4 Å². The predicted octanol–water partition coefficient (Wildman–Crippen LogP) is 6.82. The van der Waals surface area contributed by atoms with Crippen molar-refractivity contribution in [3.8, 4) is 17.4 Å². The number of imide groups is 2. The zero-order valence-electron chi connectivity index (χ0n) is 36.0. The molecule has 2 aliphatic rings. The summed E-state index contributed by atoms with van der Waals surface area (Å²) in [4.78, 5) is 99.1. The molecule has 2 aromatic heterocycles. The van der Waals surface area contributed by atoms with E-state index in [1.165, 1.54) is 36.7 Å². The summed E-state index contributed by atoms with van der Waals surface area (Å²) in [5.74, 6) is -3.59. The molecule has 0 aliphatic carbocycles. The fourth-order valence-electron chi connectivity index (χ4n) is 8.08. The van der Waals surface area contributed by atoms with Gasteiger partial charge in [0.2, 0.25) is 29.0 Å². The molecular weight excluding hydrogens is 838 g/mol. The van der Waals surface area contributed by atoms with Gasteiger partial charge in [0.15, 0.2) is 11.6 Å². The van der Waals surface area contributed by atoms with E-state index in [0.29, 0.717) is 64.8 Å². The molecule has 332 valence electrons. The van der Waals surface area contributed by atoms with E-state index >= 15 is 4.39 Å². The molecule has 1 atom stereocenters. The lowest BCUT2D eigenvalue weighted by Gasteiger charge is -2.27. The summed E-state index contributed by atoms with van der Waals surface area (Å²) in [6.07, 6.45) is 4.16. The van der Waals surface area contributed by atoms with Crippen molar-refractivity contribution in [3.05, 3.63) is 123 Å². The molecule has 6 aromatic rings. The van der Waals surface area contributed by atoms with E-state index in [4.69, 9.17) is 9.47 Å². The minimum atomic E-state index is -1.08. The van der Waals surface area contributed by atoms with Gasteiger partial charge in [-0.2, -0.15) is 0 Å². The lowest BCUT2D eigenvalue weighted by molar-refractivity contribution is -0.136. The van der Waals surface area contributed by atoms with Gasteiger partial charge in [-0.15, -0.1) is 0 Å². The van der Waals surface area contributed by atoms with Gasteiger partial charge in [-0.25, -0.2) is 14.4 Å². The van der Waals surface area contributed by atoms with Crippen molar-refractivity contribution in [2.45, 2.75) is 71.8 Å². The monoisotopic (exact) mass is 881 g/mol. The molecule has 1 fully saturated rings. The Bertz CT molecular complexity index is 3060. The van der Waals surface area contributed by atoms with Crippen LogP contribution < -0.4 is 30.9 Å². The first-order valence-electron chi connectivity index (χ1n) is 21.2. The second-order valence-corrected chi connectivity index (χ2v) is 16.0. The van der Waals surface area contributed by atoms with Crippen molar-refractivity contribution in [2.24, 2.45) is 7.05 Å². The number of nitrogens with zero attached hydrogens (tertiary/aromatic N) is 4. The van der Waals surface area contributed by atoms with Crippen LogP contribution in [0.4, 0.5) is 15.8 Å². The molecule has 6 amide bonds. The number of nitrogens with one attached hydrogen (secondary N) is 3. The Balaban J connectivity index is 0.828. The summed E-state index contributed by atoms with van der Waals surface area (Å²) < 4.78 is 29.3. The van der Waals surface area contributed by atoms with Gasteiger partial charge in [0.05, 0.1) is 34.2 Å². The van der Waals surface area contributed by atoms with Crippen LogP contribution in [0.25, 0.3) is 21.8 Å². The number of benzene rings is 4. The number of halogens is 1. The number of ether oxygens (including phenoxy) is 2. The van der Waals surface area contributed by atoms with Crippen LogP contribution in [-0.4, -0.2) is 67.5 Å². The third-order valence-corrected chi connectivity index (χ3v) is 11.7. The van der Waals surface area contributed by atoms with E-state index in [2.05, 4.69) is 25.9 Å². The zero-order valence-corrected chi connectivity index (χ0v) is 36.0. The molecule has 0 saturated carbocycles. The number of hydrogen-bond donors (Lipinski definition) is 3. The van der Waals surface area contributed by atoms with Crippen LogP contribution in [0.3, 0.4) is 0 Å². The first kappa shape index (κ1) is 43.8. The topological polar surface area (TPSA) is 208 Å². The van der Waals surface area contributed by atoms with Crippen molar-refractivity contribution >= 4 is 68.6 Å². The molecule has 0 bridgehead atoms. The molecule has 2 aliphatic heterocycles. The van der Waals surface area contributed by atoms with Crippen molar-refractivity contribution in [2.75, 3.05) is 17.2 Å². The van der Waals surface area contributed by atoms with E-state index in [9.17, 15) is 33.6 Å². The average molecular weight is 882 g/mol. The summed E-state index contributed by atoms with van der Waals surface area (Å²) in [5, 5.41) is 8.53. The average Bonchev–Trinajstić information content (AvgIpc) is 3.52. The van der Waals surface area contributed by atoms with E-state index in [-0.39, 0.29) is 59.2 Å². The number of fused-ring (bicyclic) bond motifs is 3. The van der Waals surface area contributed by atoms with Crippen molar-refractivity contribution < 1.29 is 42.6 Å². The Morgan fingerprint density at radius 3 is 2.38 bits per heavy atom. The zero-order chi connectivity index (χ0) is 46.1. The quantitative estimate of drug-likeness (QED) is 0.0764. The normalized spacial score (nSPS) is 14.7. The minimum absolute atomic E-state index is 0.0160. The molecule has 3 N–H and O–H groups in total.